The zero-order valence-corrected chi connectivity index (χ0v) is 29.7. The number of aromatic nitrogens is 3. The summed E-state index contributed by atoms with van der Waals surface area (Å²) in [6.07, 6.45) is 6.04. The summed E-state index contributed by atoms with van der Waals surface area (Å²) in [7, 11) is 2.04. The van der Waals surface area contributed by atoms with Gasteiger partial charge >= 0.3 is 0 Å². The van der Waals surface area contributed by atoms with Crippen LogP contribution in [-0.4, -0.2) is 26.3 Å². The van der Waals surface area contributed by atoms with E-state index >= 15 is 0 Å². The first-order chi connectivity index (χ1) is 22.2. The molecular weight excluding hydrogens is 758 g/mol. The minimum atomic E-state index is -0.690. The van der Waals surface area contributed by atoms with Gasteiger partial charge in [0.15, 0.2) is 0 Å². The molecule has 0 radical (unpaired) electrons. The molecule has 0 N–H and O–H groups in total. The third-order valence-corrected chi connectivity index (χ3v) is 9.58. The van der Waals surface area contributed by atoms with Crippen molar-refractivity contribution in [2.75, 3.05) is 11.9 Å². The van der Waals surface area contributed by atoms with Gasteiger partial charge in [0.25, 0.3) is 0 Å². The number of benzene rings is 3. The van der Waals surface area contributed by atoms with E-state index in [1.807, 2.05) is 24.3 Å². The Balaban J connectivity index is 0.00000351. The molecule has 6 aromatic rings. The third-order valence-electron chi connectivity index (χ3n) is 9.58. The van der Waals surface area contributed by atoms with Crippen molar-refractivity contribution in [3.8, 4) is 22.5 Å². The van der Waals surface area contributed by atoms with Crippen LogP contribution in [-0.2, 0) is 31.9 Å². The number of nitrogens with zero attached hydrogens (tertiary/aromatic N) is 5. The molecular formula is C41H36N5Pt-3. The quantitative estimate of drug-likeness (QED) is 0.168. The summed E-state index contributed by atoms with van der Waals surface area (Å²) in [4.78, 5) is 14.2. The molecule has 4 heterocycles. The fourth-order valence-corrected chi connectivity index (χ4v) is 7.15. The van der Waals surface area contributed by atoms with Crippen LogP contribution in [0.25, 0.3) is 28.2 Å². The van der Waals surface area contributed by atoms with E-state index in [-0.39, 0.29) is 26.5 Å². The molecule has 1 aliphatic heterocycles. The Morgan fingerprint density at radius 1 is 0.787 bits per heavy atom. The molecule has 6 heteroatoms. The fourth-order valence-electron chi connectivity index (χ4n) is 7.15. The predicted molar refractivity (Wildman–Crippen MR) is 185 cm³/mol. The van der Waals surface area contributed by atoms with E-state index in [4.69, 9.17) is 9.97 Å². The zero-order valence-electron chi connectivity index (χ0n) is 27.4. The number of aryl methyl sites for hydroxylation is 2. The van der Waals surface area contributed by atoms with Crippen LogP contribution in [0.1, 0.15) is 60.0 Å². The first kappa shape index (κ1) is 31.1. The van der Waals surface area contributed by atoms with Gasteiger partial charge in [-0.15, -0.1) is 22.9 Å². The molecule has 0 bridgehead atoms. The summed E-state index contributed by atoms with van der Waals surface area (Å²) in [5, 5.41) is 0. The van der Waals surface area contributed by atoms with E-state index in [0.717, 1.165) is 45.2 Å². The number of rotatable bonds is 4. The molecule has 3 aromatic carbocycles. The van der Waals surface area contributed by atoms with E-state index < -0.39 is 5.41 Å². The molecule has 0 fully saturated rings. The summed E-state index contributed by atoms with van der Waals surface area (Å²) in [6, 6.07) is 38.5. The second kappa shape index (κ2) is 11.3. The second-order valence-electron chi connectivity index (χ2n) is 13.5. The molecule has 238 valence electrons. The Kier molecular flexibility index (Phi) is 7.52. The van der Waals surface area contributed by atoms with E-state index in [9.17, 15) is 0 Å². The van der Waals surface area contributed by atoms with Gasteiger partial charge in [0.1, 0.15) is 0 Å². The first-order valence-electron chi connectivity index (χ1n) is 15.8. The normalized spacial score (nSPS) is 14.8. The van der Waals surface area contributed by atoms with E-state index in [0.29, 0.717) is 0 Å². The van der Waals surface area contributed by atoms with E-state index in [1.54, 1.807) is 0 Å². The van der Waals surface area contributed by atoms with Crippen LogP contribution in [0.4, 0.5) is 5.69 Å². The summed E-state index contributed by atoms with van der Waals surface area (Å²) < 4.78 is 2.22. The van der Waals surface area contributed by atoms with Crippen LogP contribution in [0.5, 0.6) is 0 Å². The maximum Gasteiger partial charge on any atom is 0.0802 e. The largest absolute Gasteiger partial charge is 0.510 e. The first-order valence-corrected chi connectivity index (χ1v) is 15.8. The van der Waals surface area contributed by atoms with Gasteiger partial charge in [-0.25, -0.2) is 4.98 Å². The van der Waals surface area contributed by atoms with Gasteiger partial charge in [-0.05, 0) is 78.4 Å². The van der Waals surface area contributed by atoms with Crippen molar-refractivity contribution in [2.24, 2.45) is 0 Å². The molecule has 3 aromatic heterocycles. The van der Waals surface area contributed by atoms with Crippen molar-refractivity contribution >= 4 is 11.3 Å². The number of pyridine rings is 2. The Morgan fingerprint density at radius 2 is 1.49 bits per heavy atom. The number of anilines is 1. The van der Waals surface area contributed by atoms with Crippen molar-refractivity contribution in [3.05, 3.63) is 162 Å². The number of hydrogen-bond donors (Lipinski definition) is 0. The van der Waals surface area contributed by atoms with Crippen molar-refractivity contribution < 1.29 is 21.1 Å². The zero-order chi connectivity index (χ0) is 31.8. The van der Waals surface area contributed by atoms with Crippen molar-refractivity contribution in [1.29, 1.82) is 0 Å². The molecule has 8 rings (SSSR count). The molecule has 0 atom stereocenters. The number of fused-ring (bicyclic) bond motifs is 4. The smallest absolute Gasteiger partial charge is 0.0802 e. The van der Waals surface area contributed by atoms with Crippen LogP contribution in [0.2, 0.25) is 0 Å². The molecule has 47 heavy (non-hydrogen) atoms. The Bertz CT molecular complexity index is 2140. The van der Waals surface area contributed by atoms with E-state index in [1.165, 1.54) is 27.8 Å². The van der Waals surface area contributed by atoms with Crippen LogP contribution in [0.15, 0.2) is 104 Å². The summed E-state index contributed by atoms with van der Waals surface area (Å²) in [5.74, 6) is 0. The monoisotopic (exact) mass is 793 g/mol. The minimum Gasteiger partial charge on any atom is -0.510 e. The van der Waals surface area contributed by atoms with Crippen molar-refractivity contribution in [1.82, 2.24) is 19.3 Å². The van der Waals surface area contributed by atoms with Gasteiger partial charge < -0.3 is 19.2 Å². The predicted octanol–water partition coefficient (Wildman–Crippen LogP) is 8.61. The van der Waals surface area contributed by atoms with Crippen molar-refractivity contribution in [3.63, 3.8) is 0 Å². The second-order valence-corrected chi connectivity index (χ2v) is 13.5. The van der Waals surface area contributed by atoms with E-state index in [2.05, 4.69) is 154 Å². The molecule has 1 aliphatic carbocycles. The van der Waals surface area contributed by atoms with Gasteiger partial charge in [0, 0.05) is 38.4 Å². The van der Waals surface area contributed by atoms with Gasteiger partial charge in [-0.2, -0.15) is 37.0 Å². The molecule has 0 saturated carbocycles. The SMILES string of the molecule is Cc1nc2cc(C3(c4[c-]c(N5C=CN(C)[CH-]5)ccc4)c4ccccc4-c4ccccc43)[c-]c(-c3cc(C(C)(C)C)ccn3)n2c1C.[Pt]. The van der Waals surface area contributed by atoms with Gasteiger partial charge in [-0.1, -0.05) is 80.9 Å². The number of hydrogen-bond acceptors (Lipinski definition) is 4. The molecule has 0 unspecified atom stereocenters. The average molecular weight is 794 g/mol. The average Bonchev–Trinajstić information content (AvgIpc) is 3.72. The Hall–Kier alpha value is -4.47. The molecule has 0 amide bonds. The molecule has 0 spiro atoms. The van der Waals surface area contributed by atoms with Gasteiger partial charge in [-0.3, -0.25) is 0 Å². The van der Waals surface area contributed by atoms with Crippen LogP contribution in [0.3, 0.4) is 0 Å². The van der Waals surface area contributed by atoms with Crippen LogP contribution < -0.4 is 4.90 Å². The fraction of sp³-hybridized carbons (Fsp3) is 0.195. The van der Waals surface area contributed by atoms with Gasteiger partial charge in [0.2, 0.25) is 0 Å². The van der Waals surface area contributed by atoms with Gasteiger partial charge in [0.05, 0.1) is 11.3 Å². The standard InChI is InChI=1S/C41H36N5.Pt/c1-27-28(2)46-38(37-23-29(18-19-42-37)40(3,4)5)24-31(25-39(46)43-27)41(30-12-11-13-32(22-30)45-21-20-44(6)26-45)35-16-9-7-14-33(35)34-15-8-10-17-36(34)41;/h7-21,23,25-26H,1-6H3;/q-3;. The summed E-state index contributed by atoms with van der Waals surface area (Å²) in [5.41, 5.74) is 13.2. The maximum atomic E-state index is 5.10. The Morgan fingerprint density at radius 3 is 2.15 bits per heavy atom. The van der Waals surface area contributed by atoms with Crippen molar-refractivity contribution in [2.45, 2.75) is 45.4 Å². The number of imidazole rings is 1. The third kappa shape index (κ3) is 4.78. The topological polar surface area (TPSA) is 36.7 Å². The van der Waals surface area contributed by atoms with Crippen LogP contribution in [0, 0.1) is 32.6 Å². The molecule has 5 nitrogen and oxygen atoms in total. The summed E-state index contributed by atoms with van der Waals surface area (Å²) in [6.45, 7) is 13.0. The molecule has 2 aliphatic rings. The minimum absolute atomic E-state index is 0. The summed E-state index contributed by atoms with van der Waals surface area (Å²) >= 11 is 0. The maximum absolute atomic E-state index is 5.10. The Labute approximate surface area is 291 Å². The van der Waals surface area contributed by atoms with Crippen LogP contribution >= 0.6 is 0 Å². The molecule has 0 saturated heterocycles.